The minimum atomic E-state index is -0.991. The van der Waals surface area contributed by atoms with Gasteiger partial charge >= 0.3 is 5.97 Å². The molecule has 0 saturated carbocycles. The van der Waals surface area contributed by atoms with E-state index < -0.39 is 24.1 Å². The van der Waals surface area contributed by atoms with Crippen LogP contribution < -0.4 is 10.6 Å². The standard InChI is InChI=1S/C10H17N3O4/c1-5(14)12-8-6(9(15)11-2)4-7(10(16)17)13(8)3/h6-8H,4H2,1-3H3,(H,11,15)(H,12,14)(H,16,17)/t6-,7-,8-/m1/s1. The number of hydrogen-bond acceptors (Lipinski definition) is 4. The van der Waals surface area contributed by atoms with Crippen molar-refractivity contribution in [1.82, 2.24) is 15.5 Å². The van der Waals surface area contributed by atoms with E-state index in [4.69, 9.17) is 5.11 Å². The normalized spacial score (nSPS) is 28.8. The number of carbonyl (C=O) groups excluding carboxylic acids is 2. The van der Waals surface area contributed by atoms with Crippen LogP contribution >= 0.6 is 0 Å². The molecule has 1 aliphatic rings. The summed E-state index contributed by atoms with van der Waals surface area (Å²) in [5.41, 5.74) is 0. The van der Waals surface area contributed by atoms with Crippen molar-refractivity contribution in [2.45, 2.75) is 25.6 Å². The first-order valence-corrected chi connectivity index (χ1v) is 5.32. The molecule has 1 aliphatic heterocycles. The Hall–Kier alpha value is -1.63. The van der Waals surface area contributed by atoms with Crippen LogP contribution in [0.3, 0.4) is 0 Å². The van der Waals surface area contributed by atoms with Crippen molar-refractivity contribution in [1.29, 1.82) is 0 Å². The Morgan fingerprint density at radius 2 is 1.94 bits per heavy atom. The van der Waals surface area contributed by atoms with Crippen LogP contribution in [0.5, 0.6) is 0 Å². The van der Waals surface area contributed by atoms with Crippen LogP contribution in [-0.2, 0) is 14.4 Å². The molecule has 1 saturated heterocycles. The summed E-state index contributed by atoms with van der Waals surface area (Å²) in [7, 11) is 3.07. The fourth-order valence-electron chi connectivity index (χ4n) is 2.13. The van der Waals surface area contributed by atoms with Crippen molar-refractivity contribution < 1.29 is 19.5 Å². The van der Waals surface area contributed by atoms with E-state index in [2.05, 4.69) is 10.6 Å². The van der Waals surface area contributed by atoms with Gasteiger partial charge in [-0.2, -0.15) is 0 Å². The third-order valence-corrected chi connectivity index (χ3v) is 3.01. The van der Waals surface area contributed by atoms with Crippen LogP contribution in [0.25, 0.3) is 0 Å². The number of aliphatic carboxylic acids is 1. The van der Waals surface area contributed by atoms with E-state index in [1.807, 2.05) is 0 Å². The molecule has 0 aromatic carbocycles. The second-order valence-corrected chi connectivity index (χ2v) is 4.12. The van der Waals surface area contributed by atoms with E-state index >= 15 is 0 Å². The maximum Gasteiger partial charge on any atom is 0.320 e. The summed E-state index contributed by atoms with van der Waals surface area (Å²) in [5, 5.41) is 14.1. The molecule has 17 heavy (non-hydrogen) atoms. The Balaban J connectivity index is 2.90. The van der Waals surface area contributed by atoms with Crippen LogP contribution in [0.15, 0.2) is 0 Å². The fraction of sp³-hybridized carbons (Fsp3) is 0.700. The molecule has 3 atom stereocenters. The molecular weight excluding hydrogens is 226 g/mol. The molecule has 0 unspecified atom stereocenters. The molecule has 0 bridgehead atoms. The van der Waals surface area contributed by atoms with Gasteiger partial charge in [0.25, 0.3) is 0 Å². The molecule has 1 heterocycles. The van der Waals surface area contributed by atoms with Gasteiger partial charge in [0.15, 0.2) is 0 Å². The average Bonchev–Trinajstić information content (AvgIpc) is 2.55. The number of nitrogens with zero attached hydrogens (tertiary/aromatic N) is 1. The summed E-state index contributed by atoms with van der Waals surface area (Å²) >= 11 is 0. The largest absolute Gasteiger partial charge is 0.480 e. The lowest BCUT2D eigenvalue weighted by molar-refractivity contribution is -0.142. The minimum Gasteiger partial charge on any atom is -0.480 e. The van der Waals surface area contributed by atoms with Crippen LogP contribution in [0.2, 0.25) is 0 Å². The van der Waals surface area contributed by atoms with Crippen LogP contribution in [0, 0.1) is 5.92 Å². The summed E-state index contributed by atoms with van der Waals surface area (Å²) in [4.78, 5) is 35.2. The number of hydrogen-bond donors (Lipinski definition) is 3. The molecular formula is C10H17N3O4. The average molecular weight is 243 g/mol. The van der Waals surface area contributed by atoms with Gasteiger partial charge < -0.3 is 15.7 Å². The monoisotopic (exact) mass is 243 g/mol. The molecule has 96 valence electrons. The zero-order valence-corrected chi connectivity index (χ0v) is 10.1. The van der Waals surface area contributed by atoms with Gasteiger partial charge in [-0.05, 0) is 13.5 Å². The molecule has 1 fully saturated rings. The highest BCUT2D eigenvalue weighted by Crippen LogP contribution is 2.27. The third-order valence-electron chi connectivity index (χ3n) is 3.01. The molecule has 0 aromatic heterocycles. The lowest BCUT2D eigenvalue weighted by Crippen LogP contribution is -2.50. The zero-order chi connectivity index (χ0) is 13.2. The Bertz CT molecular complexity index is 344. The lowest BCUT2D eigenvalue weighted by atomic mass is 10.0. The van der Waals surface area contributed by atoms with Crippen molar-refractivity contribution in [3.05, 3.63) is 0 Å². The van der Waals surface area contributed by atoms with Gasteiger partial charge in [0, 0.05) is 14.0 Å². The molecule has 0 aliphatic carbocycles. The second-order valence-electron chi connectivity index (χ2n) is 4.12. The third kappa shape index (κ3) is 2.73. The Labute approximate surface area is 99.2 Å². The molecule has 7 heteroatoms. The Kier molecular flexibility index (Phi) is 4.06. The van der Waals surface area contributed by atoms with Crippen LogP contribution in [0.1, 0.15) is 13.3 Å². The molecule has 1 rings (SSSR count). The first-order chi connectivity index (χ1) is 7.88. The van der Waals surface area contributed by atoms with Gasteiger partial charge in [0.2, 0.25) is 11.8 Å². The predicted octanol–water partition coefficient (Wildman–Crippen LogP) is -1.40. The van der Waals surface area contributed by atoms with Gasteiger partial charge in [-0.15, -0.1) is 0 Å². The highest BCUT2D eigenvalue weighted by atomic mass is 16.4. The first kappa shape index (κ1) is 13.4. The maximum absolute atomic E-state index is 11.6. The van der Waals surface area contributed by atoms with Crippen molar-refractivity contribution in [3.8, 4) is 0 Å². The second kappa shape index (κ2) is 5.13. The minimum absolute atomic E-state index is 0.191. The van der Waals surface area contributed by atoms with E-state index in [-0.39, 0.29) is 18.2 Å². The first-order valence-electron chi connectivity index (χ1n) is 5.32. The summed E-state index contributed by atoms with van der Waals surface area (Å²) in [6.45, 7) is 1.34. The van der Waals surface area contributed by atoms with Gasteiger partial charge in [-0.3, -0.25) is 19.3 Å². The lowest BCUT2D eigenvalue weighted by Gasteiger charge is -2.26. The van der Waals surface area contributed by atoms with E-state index in [1.54, 1.807) is 7.05 Å². The van der Waals surface area contributed by atoms with Crippen molar-refractivity contribution >= 4 is 17.8 Å². The molecule has 7 nitrogen and oxygen atoms in total. The van der Waals surface area contributed by atoms with Crippen molar-refractivity contribution in [2.75, 3.05) is 14.1 Å². The van der Waals surface area contributed by atoms with Gasteiger partial charge in [-0.25, -0.2) is 0 Å². The van der Waals surface area contributed by atoms with E-state index in [9.17, 15) is 14.4 Å². The molecule has 0 spiro atoms. The molecule has 3 N–H and O–H groups in total. The maximum atomic E-state index is 11.6. The number of carbonyl (C=O) groups is 3. The number of likely N-dealkylation sites (N-methyl/N-ethyl adjacent to an activating group) is 1. The smallest absolute Gasteiger partial charge is 0.320 e. The van der Waals surface area contributed by atoms with E-state index in [0.717, 1.165) is 0 Å². The number of carboxylic acids is 1. The zero-order valence-electron chi connectivity index (χ0n) is 10.1. The number of rotatable bonds is 3. The van der Waals surface area contributed by atoms with Gasteiger partial charge in [0.1, 0.15) is 6.04 Å². The van der Waals surface area contributed by atoms with Crippen molar-refractivity contribution in [3.63, 3.8) is 0 Å². The van der Waals surface area contributed by atoms with E-state index in [0.29, 0.717) is 0 Å². The van der Waals surface area contributed by atoms with E-state index in [1.165, 1.54) is 18.9 Å². The van der Waals surface area contributed by atoms with Crippen molar-refractivity contribution in [2.24, 2.45) is 5.92 Å². The van der Waals surface area contributed by atoms with Gasteiger partial charge in [-0.1, -0.05) is 0 Å². The summed E-state index contributed by atoms with van der Waals surface area (Å²) in [6.07, 6.45) is -0.384. The van der Waals surface area contributed by atoms with Crippen LogP contribution in [-0.4, -0.2) is 54.1 Å². The highest BCUT2D eigenvalue weighted by molar-refractivity contribution is 5.83. The fourth-order valence-corrected chi connectivity index (χ4v) is 2.13. The quantitative estimate of drug-likeness (QED) is 0.566. The highest BCUT2D eigenvalue weighted by Gasteiger charge is 2.45. The van der Waals surface area contributed by atoms with Gasteiger partial charge in [0.05, 0.1) is 12.1 Å². The number of amides is 2. The summed E-state index contributed by atoms with van der Waals surface area (Å²) in [6, 6.07) is -0.755. The topological polar surface area (TPSA) is 98.7 Å². The number of nitrogens with one attached hydrogen (secondary N) is 2. The Morgan fingerprint density at radius 1 is 1.35 bits per heavy atom. The summed E-state index contributed by atoms with van der Waals surface area (Å²) < 4.78 is 0. The number of likely N-dealkylation sites (tertiary alicyclic amines) is 1. The molecule has 2 amide bonds. The SMILES string of the molecule is CNC(=O)[C@@H]1C[C@H](C(=O)O)N(C)[C@H]1NC(C)=O. The summed E-state index contributed by atoms with van der Waals surface area (Å²) in [5.74, 6) is -2.09. The van der Waals surface area contributed by atoms with Crippen LogP contribution in [0.4, 0.5) is 0 Å². The number of carboxylic acid groups (broad SMARTS) is 1. The Morgan fingerprint density at radius 3 is 2.35 bits per heavy atom. The predicted molar refractivity (Wildman–Crippen MR) is 59.0 cm³/mol. The molecule has 0 aromatic rings. The molecule has 0 radical (unpaired) electrons.